The number of carbonyl (C=O) groups is 2. The largest absolute Gasteiger partial charge is 0.444 e. The van der Waals surface area contributed by atoms with Gasteiger partial charge < -0.3 is 20.3 Å². The highest BCUT2D eigenvalue weighted by molar-refractivity contribution is 5.92. The number of pyridine rings is 1. The lowest BCUT2D eigenvalue weighted by atomic mass is 10.1. The van der Waals surface area contributed by atoms with Crippen LogP contribution >= 0.6 is 0 Å². The molecule has 8 heteroatoms. The lowest BCUT2D eigenvalue weighted by molar-refractivity contribution is 0.00516. The van der Waals surface area contributed by atoms with Crippen molar-refractivity contribution in [2.75, 3.05) is 26.2 Å². The molecule has 1 aromatic heterocycles. The minimum atomic E-state index is -0.583. The van der Waals surface area contributed by atoms with Gasteiger partial charge in [0.2, 0.25) is 0 Å². The number of nitrogens with two attached hydrogens (primary N) is 1. The number of rotatable bonds is 2. The van der Waals surface area contributed by atoms with Gasteiger partial charge in [-0.15, -0.1) is 0 Å². The van der Waals surface area contributed by atoms with Gasteiger partial charge in [-0.3, -0.25) is 4.79 Å². The maximum absolute atomic E-state index is 12.9. The molecule has 132 valence electrons. The van der Waals surface area contributed by atoms with Crippen LogP contribution in [-0.2, 0) is 4.74 Å². The van der Waals surface area contributed by atoms with Crippen LogP contribution in [0.1, 0.15) is 31.3 Å². The van der Waals surface area contributed by atoms with Crippen molar-refractivity contribution in [3.8, 4) is 0 Å². The SMILES string of the molecule is CC(C)(C)OC(=O)N1CCN(C(=O)c2ccc(F)cn2)C(CN)C1. The van der Waals surface area contributed by atoms with E-state index in [0.717, 1.165) is 6.20 Å². The van der Waals surface area contributed by atoms with Gasteiger partial charge in [-0.2, -0.15) is 0 Å². The number of hydrogen-bond donors (Lipinski definition) is 1. The summed E-state index contributed by atoms with van der Waals surface area (Å²) in [7, 11) is 0. The van der Waals surface area contributed by atoms with Crippen LogP contribution in [-0.4, -0.2) is 64.6 Å². The number of ether oxygens (including phenoxy) is 1. The quantitative estimate of drug-likeness (QED) is 0.876. The summed E-state index contributed by atoms with van der Waals surface area (Å²) >= 11 is 0. The predicted octanol–water partition coefficient (Wildman–Crippen LogP) is 1.24. The molecule has 7 nitrogen and oxygen atoms in total. The van der Waals surface area contributed by atoms with Gasteiger partial charge in [0, 0.05) is 26.2 Å². The lowest BCUT2D eigenvalue weighted by Crippen LogP contribution is -2.59. The van der Waals surface area contributed by atoms with E-state index in [4.69, 9.17) is 10.5 Å². The Kier molecular flexibility index (Phi) is 5.38. The monoisotopic (exact) mass is 338 g/mol. The summed E-state index contributed by atoms with van der Waals surface area (Å²) in [5.74, 6) is -0.828. The second kappa shape index (κ2) is 7.12. The van der Waals surface area contributed by atoms with E-state index in [1.807, 2.05) is 0 Å². The molecule has 1 atom stereocenters. The molecule has 1 unspecified atom stereocenters. The summed E-state index contributed by atoms with van der Waals surface area (Å²) in [4.78, 5) is 31.6. The van der Waals surface area contributed by atoms with Crippen molar-refractivity contribution in [2.24, 2.45) is 5.73 Å². The smallest absolute Gasteiger partial charge is 0.410 e. The fourth-order valence-corrected chi connectivity index (χ4v) is 2.47. The van der Waals surface area contributed by atoms with E-state index in [0.29, 0.717) is 19.6 Å². The summed E-state index contributed by atoms with van der Waals surface area (Å²) in [5.41, 5.74) is 5.34. The predicted molar refractivity (Wildman–Crippen MR) is 85.9 cm³/mol. The van der Waals surface area contributed by atoms with Gasteiger partial charge in [-0.1, -0.05) is 0 Å². The molecule has 2 heterocycles. The molecule has 1 aliphatic heterocycles. The Morgan fingerprint density at radius 2 is 2.08 bits per heavy atom. The Hall–Kier alpha value is -2.22. The van der Waals surface area contributed by atoms with E-state index >= 15 is 0 Å². The van der Waals surface area contributed by atoms with Crippen molar-refractivity contribution in [2.45, 2.75) is 32.4 Å². The fraction of sp³-hybridized carbons (Fsp3) is 0.562. The topological polar surface area (TPSA) is 88.8 Å². The van der Waals surface area contributed by atoms with Crippen LogP contribution in [0.4, 0.5) is 9.18 Å². The summed E-state index contributed by atoms with van der Waals surface area (Å²) in [6.07, 6.45) is 0.578. The Balaban J connectivity index is 2.06. The summed E-state index contributed by atoms with van der Waals surface area (Å²) in [5, 5.41) is 0. The molecule has 1 aromatic rings. The molecule has 0 aromatic carbocycles. The van der Waals surface area contributed by atoms with E-state index in [-0.39, 0.29) is 24.2 Å². The second-order valence-corrected chi connectivity index (χ2v) is 6.68. The molecular weight excluding hydrogens is 315 g/mol. The molecule has 1 saturated heterocycles. The van der Waals surface area contributed by atoms with Crippen LogP contribution in [0.3, 0.4) is 0 Å². The second-order valence-electron chi connectivity index (χ2n) is 6.68. The maximum Gasteiger partial charge on any atom is 0.410 e. The first kappa shape index (κ1) is 18.1. The van der Waals surface area contributed by atoms with Crippen molar-refractivity contribution >= 4 is 12.0 Å². The molecular formula is C16H23FN4O3. The van der Waals surface area contributed by atoms with Crippen molar-refractivity contribution < 1.29 is 18.7 Å². The van der Waals surface area contributed by atoms with Gasteiger partial charge in [-0.05, 0) is 32.9 Å². The number of halogens is 1. The van der Waals surface area contributed by atoms with Gasteiger partial charge in [-0.25, -0.2) is 14.2 Å². The number of carbonyl (C=O) groups excluding carboxylic acids is 2. The van der Waals surface area contributed by atoms with Crippen LogP contribution in [0.25, 0.3) is 0 Å². The highest BCUT2D eigenvalue weighted by Gasteiger charge is 2.34. The summed E-state index contributed by atoms with van der Waals surface area (Å²) < 4.78 is 18.3. The fourth-order valence-electron chi connectivity index (χ4n) is 2.47. The third kappa shape index (κ3) is 4.41. The van der Waals surface area contributed by atoms with E-state index in [1.165, 1.54) is 12.1 Å². The summed E-state index contributed by atoms with van der Waals surface area (Å²) in [6.45, 7) is 6.55. The molecule has 1 fully saturated rings. The Morgan fingerprint density at radius 1 is 1.38 bits per heavy atom. The minimum absolute atomic E-state index is 0.153. The molecule has 0 radical (unpaired) electrons. The zero-order valence-corrected chi connectivity index (χ0v) is 14.2. The van der Waals surface area contributed by atoms with Crippen LogP contribution in [0.5, 0.6) is 0 Å². The average molecular weight is 338 g/mol. The first-order chi connectivity index (χ1) is 11.2. The minimum Gasteiger partial charge on any atom is -0.444 e. The van der Waals surface area contributed by atoms with E-state index in [2.05, 4.69) is 4.98 Å². The Labute approximate surface area is 140 Å². The van der Waals surface area contributed by atoms with E-state index in [9.17, 15) is 14.0 Å². The number of piperazine rings is 1. The average Bonchev–Trinajstić information content (AvgIpc) is 2.52. The van der Waals surface area contributed by atoms with Crippen LogP contribution in [0.15, 0.2) is 18.3 Å². The molecule has 2 N–H and O–H groups in total. The zero-order chi connectivity index (χ0) is 17.9. The molecule has 1 aliphatic rings. The first-order valence-corrected chi connectivity index (χ1v) is 7.82. The van der Waals surface area contributed by atoms with Crippen molar-refractivity contribution in [3.63, 3.8) is 0 Å². The van der Waals surface area contributed by atoms with Gasteiger partial charge in [0.1, 0.15) is 17.1 Å². The zero-order valence-electron chi connectivity index (χ0n) is 14.2. The first-order valence-electron chi connectivity index (χ1n) is 7.82. The third-order valence-electron chi connectivity index (χ3n) is 3.61. The normalized spacial score (nSPS) is 18.5. The molecule has 0 spiro atoms. The van der Waals surface area contributed by atoms with E-state index in [1.54, 1.807) is 30.6 Å². The summed E-state index contributed by atoms with van der Waals surface area (Å²) in [6, 6.07) is 2.19. The van der Waals surface area contributed by atoms with E-state index < -0.39 is 17.5 Å². The number of aromatic nitrogens is 1. The number of nitrogens with zero attached hydrogens (tertiary/aromatic N) is 3. The Bertz CT molecular complexity index is 600. The van der Waals surface area contributed by atoms with Crippen LogP contribution in [0, 0.1) is 5.82 Å². The molecule has 0 bridgehead atoms. The van der Waals surface area contributed by atoms with Gasteiger partial charge in [0.15, 0.2) is 0 Å². The van der Waals surface area contributed by atoms with Gasteiger partial charge in [0.05, 0.1) is 12.2 Å². The third-order valence-corrected chi connectivity index (χ3v) is 3.61. The van der Waals surface area contributed by atoms with Crippen molar-refractivity contribution in [1.29, 1.82) is 0 Å². The van der Waals surface area contributed by atoms with Crippen molar-refractivity contribution in [1.82, 2.24) is 14.8 Å². The van der Waals surface area contributed by atoms with Crippen LogP contribution in [0.2, 0.25) is 0 Å². The van der Waals surface area contributed by atoms with Crippen molar-refractivity contribution in [3.05, 3.63) is 29.8 Å². The van der Waals surface area contributed by atoms with Gasteiger partial charge >= 0.3 is 6.09 Å². The highest BCUT2D eigenvalue weighted by atomic mass is 19.1. The molecule has 2 amide bonds. The molecule has 24 heavy (non-hydrogen) atoms. The molecule has 0 aliphatic carbocycles. The number of amides is 2. The standard InChI is InChI=1S/C16H23FN4O3/c1-16(2,3)24-15(23)20-6-7-21(12(8-18)10-20)14(22)13-5-4-11(17)9-19-13/h4-5,9,12H,6-8,10,18H2,1-3H3. The Morgan fingerprint density at radius 3 is 2.62 bits per heavy atom. The maximum atomic E-state index is 12.9. The lowest BCUT2D eigenvalue weighted by Gasteiger charge is -2.41. The van der Waals surface area contributed by atoms with Gasteiger partial charge in [0.25, 0.3) is 5.91 Å². The molecule has 0 saturated carbocycles. The highest BCUT2D eigenvalue weighted by Crippen LogP contribution is 2.16. The molecule has 2 rings (SSSR count). The van der Waals surface area contributed by atoms with Crippen LogP contribution < -0.4 is 5.73 Å². The number of hydrogen-bond acceptors (Lipinski definition) is 5.